The van der Waals surface area contributed by atoms with Gasteiger partial charge in [0.2, 0.25) is 0 Å². The van der Waals surface area contributed by atoms with Gasteiger partial charge >= 0.3 is 18.2 Å². The fourth-order valence-electron chi connectivity index (χ4n) is 2.36. The zero-order chi connectivity index (χ0) is 22.9. The third-order valence-corrected chi connectivity index (χ3v) is 3.55. The lowest BCUT2D eigenvalue weighted by atomic mass is 10.1. The van der Waals surface area contributed by atoms with Crippen LogP contribution in [0.4, 0.5) is 9.59 Å². The molecule has 11 heteroatoms. The van der Waals surface area contributed by atoms with E-state index in [1.807, 2.05) is 0 Å². The number of hydrogen-bond donors (Lipinski definition) is 3. The molecule has 3 N–H and O–H groups in total. The van der Waals surface area contributed by atoms with Gasteiger partial charge in [0.15, 0.2) is 6.04 Å². The van der Waals surface area contributed by atoms with Crippen LogP contribution in [0.25, 0.3) is 0 Å². The van der Waals surface area contributed by atoms with Crippen molar-refractivity contribution in [3.63, 3.8) is 0 Å². The maximum atomic E-state index is 11.7. The topological polar surface area (TPSA) is 145 Å². The van der Waals surface area contributed by atoms with Crippen LogP contribution in [0.15, 0.2) is 6.20 Å². The summed E-state index contributed by atoms with van der Waals surface area (Å²) in [6.45, 7) is 11.0. The van der Waals surface area contributed by atoms with Crippen molar-refractivity contribution < 1.29 is 29.0 Å². The third kappa shape index (κ3) is 10.6. The molecule has 0 bridgehead atoms. The minimum absolute atomic E-state index is 0.0705. The molecule has 1 aromatic rings. The van der Waals surface area contributed by atoms with Crippen LogP contribution in [-0.2, 0) is 20.8 Å². The summed E-state index contributed by atoms with van der Waals surface area (Å²) in [6, 6.07) is -0.894. The Morgan fingerprint density at radius 2 is 1.60 bits per heavy atom. The second-order valence-corrected chi connectivity index (χ2v) is 8.82. The van der Waals surface area contributed by atoms with E-state index in [0.717, 1.165) is 0 Å². The first-order chi connectivity index (χ1) is 13.8. The van der Waals surface area contributed by atoms with E-state index in [2.05, 4.69) is 20.9 Å². The molecule has 0 aliphatic carbocycles. The maximum Gasteiger partial charge on any atom is 0.407 e. The number of aliphatic carboxylic acids is 1. The molecule has 2 amide bonds. The number of amides is 2. The van der Waals surface area contributed by atoms with Gasteiger partial charge in [0.05, 0.1) is 12.7 Å². The quantitative estimate of drug-likeness (QED) is 0.510. The van der Waals surface area contributed by atoms with Gasteiger partial charge < -0.3 is 25.2 Å². The predicted molar refractivity (Wildman–Crippen MR) is 108 cm³/mol. The molecule has 11 nitrogen and oxygen atoms in total. The van der Waals surface area contributed by atoms with Gasteiger partial charge in [-0.05, 0) is 60.8 Å². The van der Waals surface area contributed by atoms with Crippen LogP contribution in [-0.4, -0.2) is 56.0 Å². The normalized spacial score (nSPS) is 12.7. The summed E-state index contributed by atoms with van der Waals surface area (Å²) in [5, 5.41) is 22.4. The van der Waals surface area contributed by atoms with Crippen molar-refractivity contribution in [2.24, 2.45) is 0 Å². The average molecular weight is 428 g/mol. The standard InChI is InChI=1S/C19H33N5O6/c1-18(2,3)29-16(27)20-10-8-7-9-14(15(25)26)24-12-13(22-23-24)11-21-17(28)30-19(4,5)6/h12,14H,7-11H2,1-6H3,(H,20,27)(H,21,28)(H,25,26)/t14-/m0/s1. The van der Waals surface area contributed by atoms with Gasteiger partial charge in [0, 0.05) is 6.54 Å². The SMILES string of the molecule is CC(C)(C)OC(=O)NCCCC[C@@H](C(=O)O)n1cc(CNC(=O)OC(C)(C)C)nn1. The molecule has 0 unspecified atom stereocenters. The largest absolute Gasteiger partial charge is 0.480 e. The molecule has 0 aromatic carbocycles. The second-order valence-electron chi connectivity index (χ2n) is 8.82. The monoisotopic (exact) mass is 427 g/mol. The Labute approximate surface area is 176 Å². The summed E-state index contributed by atoms with van der Waals surface area (Å²) >= 11 is 0. The van der Waals surface area contributed by atoms with Crippen LogP contribution >= 0.6 is 0 Å². The number of rotatable bonds is 9. The number of nitrogens with one attached hydrogen (secondary N) is 2. The van der Waals surface area contributed by atoms with Crippen LogP contribution in [0.3, 0.4) is 0 Å². The highest BCUT2D eigenvalue weighted by Crippen LogP contribution is 2.15. The minimum Gasteiger partial charge on any atom is -0.480 e. The van der Waals surface area contributed by atoms with E-state index >= 15 is 0 Å². The van der Waals surface area contributed by atoms with Crippen molar-refractivity contribution in [2.45, 2.75) is 84.6 Å². The number of carboxylic acids is 1. The Kier molecular flexibility index (Phi) is 9.06. The van der Waals surface area contributed by atoms with Crippen molar-refractivity contribution in [2.75, 3.05) is 6.54 Å². The van der Waals surface area contributed by atoms with E-state index in [9.17, 15) is 19.5 Å². The first kappa shape index (κ1) is 25.2. The Balaban J connectivity index is 2.45. The number of alkyl carbamates (subject to hydrolysis) is 2. The highest BCUT2D eigenvalue weighted by molar-refractivity contribution is 5.71. The van der Waals surface area contributed by atoms with Gasteiger partial charge in [-0.1, -0.05) is 5.21 Å². The van der Waals surface area contributed by atoms with E-state index in [-0.39, 0.29) is 6.54 Å². The number of carbonyl (C=O) groups is 3. The number of carbonyl (C=O) groups excluding carboxylic acids is 2. The van der Waals surface area contributed by atoms with Gasteiger partial charge in [0.1, 0.15) is 16.9 Å². The maximum absolute atomic E-state index is 11.7. The number of unbranched alkanes of at least 4 members (excludes halogenated alkanes) is 1. The second kappa shape index (κ2) is 10.8. The van der Waals surface area contributed by atoms with Crippen molar-refractivity contribution in [3.8, 4) is 0 Å². The van der Waals surface area contributed by atoms with E-state index in [4.69, 9.17) is 9.47 Å². The zero-order valence-corrected chi connectivity index (χ0v) is 18.5. The summed E-state index contributed by atoms with van der Waals surface area (Å²) < 4.78 is 11.5. The van der Waals surface area contributed by atoms with Crippen LogP contribution in [0, 0.1) is 0 Å². The molecule has 0 saturated heterocycles. The zero-order valence-electron chi connectivity index (χ0n) is 18.5. The molecule has 0 aliphatic heterocycles. The molecule has 1 atom stereocenters. The summed E-state index contributed by atoms with van der Waals surface area (Å²) in [5.41, 5.74) is -0.769. The Morgan fingerprint density at radius 1 is 1.03 bits per heavy atom. The first-order valence-electron chi connectivity index (χ1n) is 9.84. The number of ether oxygens (including phenoxy) is 2. The van der Waals surface area contributed by atoms with Gasteiger partial charge in [-0.15, -0.1) is 5.10 Å². The molecule has 0 aliphatic rings. The Bertz CT molecular complexity index is 720. The Hall–Kier alpha value is -2.85. The molecule has 170 valence electrons. The Morgan fingerprint density at radius 3 is 2.13 bits per heavy atom. The number of nitrogens with zero attached hydrogens (tertiary/aromatic N) is 3. The van der Waals surface area contributed by atoms with Crippen LogP contribution in [0.5, 0.6) is 0 Å². The average Bonchev–Trinajstić information content (AvgIpc) is 3.01. The molecular weight excluding hydrogens is 394 g/mol. The minimum atomic E-state index is -1.04. The van der Waals surface area contributed by atoms with Crippen LogP contribution in [0.2, 0.25) is 0 Å². The molecule has 0 radical (unpaired) electrons. The number of carboxylic acid groups (broad SMARTS) is 1. The summed E-state index contributed by atoms with van der Waals surface area (Å²) in [7, 11) is 0. The first-order valence-corrected chi connectivity index (χ1v) is 9.84. The lowest BCUT2D eigenvalue weighted by molar-refractivity contribution is -0.141. The smallest absolute Gasteiger partial charge is 0.407 e. The molecule has 1 aromatic heterocycles. The fourth-order valence-corrected chi connectivity index (χ4v) is 2.36. The number of hydrogen-bond acceptors (Lipinski definition) is 7. The molecule has 0 saturated carbocycles. The highest BCUT2D eigenvalue weighted by Gasteiger charge is 2.22. The van der Waals surface area contributed by atoms with E-state index < -0.39 is 35.4 Å². The van der Waals surface area contributed by atoms with E-state index in [0.29, 0.717) is 31.5 Å². The van der Waals surface area contributed by atoms with E-state index in [1.165, 1.54) is 10.9 Å². The molecule has 1 heterocycles. The van der Waals surface area contributed by atoms with Crippen molar-refractivity contribution in [1.82, 2.24) is 25.6 Å². The van der Waals surface area contributed by atoms with E-state index in [1.54, 1.807) is 41.5 Å². The number of aromatic nitrogens is 3. The van der Waals surface area contributed by atoms with Gasteiger partial charge in [-0.2, -0.15) is 0 Å². The van der Waals surface area contributed by atoms with Gasteiger partial charge in [-0.25, -0.2) is 19.1 Å². The molecular formula is C19H33N5O6. The lowest BCUT2D eigenvalue weighted by Crippen LogP contribution is -2.33. The molecule has 1 rings (SSSR count). The fraction of sp³-hybridized carbons (Fsp3) is 0.737. The van der Waals surface area contributed by atoms with Crippen molar-refractivity contribution in [3.05, 3.63) is 11.9 Å². The summed E-state index contributed by atoms with van der Waals surface area (Å²) in [5.74, 6) is -1.04. The molecule has 30 heavy (non-hydrogen) atoms. The predicted octanol–water partition coefficient (Wildman–Crippen LogP) is 2.62. The molecule has 0 spiro atoms. The lowest BCUT2D eigenvalue weighted by Gasteiger charge is -2.19. The summed E-state index contributed by atoms with van der Waals surface area (Å²) in [4.78, 5) is 34.9. The van der Waals surface area contributed by atoms with Gasteiger partial charge in [0.25, 0.3) is 0 Å². The third-order valence-electron chi connectivity index (χ3n) is 3.55. The summed E-state index contributed by atoms with van der Waals surface area (Å²) in [6.07, 6.45) is 1.84. The molecule has 0 fully saturated rings. The van der Waals surface area contributed by atoms with Crippen LogP contribution < -0.4 is 10.6 Å². The van der Waals surface area contributed by atoms with Gasteiger partial charge in [-0.3, -0.25) is 0 Å². The van der Waals surface area contributed by atoms with Crippen LogP contribution in [0.1, 0.15) is 72.5 Å². The van der Waals surface area contributed by atoms with Crippen molar-refractivity contribution in [1.29, 1.82) is 0 Å². The van der Waals surface area contributed by atoms with Crippen molar-refractivity contribution >= 4 is 18.2 Å². The highest BCUT2D eigenvalue weighted by atomic mass is 16.6.